The van der Waals surface area contributed by atoms with Gasteiger partial charge in [-0.05, 0) is 75.4 Å². The number of fused-ring (bicyclic) bond motifs is 1. The first-order valence-electron chi connectivity index (χ1n) is 14.0. The number of methoxy groups -OCH3 is 1. The Morgan fingerprint density at radius 2 is 1.68 bits per heavy atom. The van der Waals surface area contributed by atoms with Crippen LogP contribution in [0.15, 0.2) is 85.1 Å². The molecule has 224 valence electrons. The molecule has 4 aromatic carbocycles. The van der Waals surface area contributed by atoms with Gasteiger partial charge in [0, 0.05) is 40.0 Å². The molecule has 0 fully saturated rings. The molecular weight excluding hydrogens is 563 g/mol. The largest absolute Gasteiger partial charge is 0.495 e. The average Bonchev–Trinajstić information content (AvgIpc) is 3.01. The molecule has 0 bridgehead atoms. The summed E-state index contributed by atoms with van der Waals surface area (Å²) in [5.74, 6) is -0.0476. The summed E-state index contributed by atoms with van der Waals surface area (Å²) in [5, 5.41) is 6.85. The Bertz CT molecular complexity index is 1830. The summed E-state index contributed by atoms with van der Waals surface area (Å²) in [6.45, 7) is 5.76. The third-order valence-electron chi connectivity index (χ3n) is 6.57. The number of halogens is 1. The van der Waals surface area contributed by atoms with Crippen LogP contribution in [0.2, 0.25) is 0 Å². The van der Waals surface area contributed by atoms with Gasteiger partial charge in [0.1, 0.15) is 17.3 Å². The van der Waals surface area contributed by atoms with Gasteiger partial charge in [-0.25, -0.2) is 19.2 Å². The van der Waals surface area contributed by atoms with Gasteiger partial charge in [0.05, 0.1) is 36.6 Å². The molecule has 0 aliphatic rings. The molecule has 0 aliphatic heterocycles. The first kappa shape index (κ1) is 30.0. The van der Waals surface area contributed by atoms with Crippen molar-refractivity contribution in [3.63, 3.8) is 0 Å². The minimum Gasteiger partial charge on any atom is -0.495 e. The minimum atomic E-state index is -0.454. The Hall–Kier alpha value is -5.51. The van der Waals surface area contributed by atoms with Crippen LogP contribution in [0.3, 0.4) is 0 Å². The quantitative estimate of drug-likeness (QED) is 0.161. The molecule has 0 saturated heterocycles. The fourth-order valence-corrected chi connectivity index (χ4v) is 4.58. The van der Waals surface area contributed by atoms with Crippen molar-refractivity contribution >= 4 is 40.1 Å². The van der Waals surface area contributed by atoms with Crippen LogP contribution in [-0.4, -0.2) is 41.7 Å². The predicted molar refractivity (Wildman–Crippen MR) is 167 cm³/mol. The molecule has 0 radical (unpaired) electrons. The number of amides is 1. The van der Waals surface area contributed by atoms with Crippen molar-refractivity contribution in [3.05, 3.63) is 102 Å². The summed E-state index contributed by atoms with van der Waals surface area (Å²) in [7, 11) is 1.51. The van der Waals surface area contributed by atoms with E-state index in [1.807, 2.05) is 32.0 Å². The highest BCUT2D eigenvalue weighted by atomic mass is 19.1. The summed E-state index contributed by atoms with van der Waals surface area (Å²) in [4.78, 5) is 34.2. The Balaban J connectivity index is 1.42. The first-order valence-corrected chi connectivity index (χ1v) is 14.0. The molecule has 44 heavy (non-hydrogen) atoms. The number of aromatic nitrogens is 2. The Kier molecular flexibility index (Phi) is 8.99. The number of carbonyl (C=O) groups is 2. The Morgan fingerprint density at radius 1 is 0.909 bits per heavy atom. The van der Waals surface area contributed by atoms with Gasteiger partial charge >= 0.3 is 5.97 Å². The number of anilines is 3. The number of nitrogens with one attached hydrogen (secondary N) is 2. The lowest BCUT2D eigenvalue weighted by molar-refractivity contribution is 0.0526. The number of ether oxygens (including phenoxy) is 3. The summed E-state index contributed by atoms with van der Waals surface area (Å²) < 4.78 is 30.5. The lowest BCUT2D eigenvalue weighted by Crippen LogP contribution is -2.13. The van der Waals surface area contributed by atoms with E-state index in [2.05, 4.69) is 15.6 Å². The van der Waals surface area contributed by atoms with Gasteiger partial charge in [0.25, 0.3) is 5.91 Å². The van der Waals surface area contributed by atoms with E-state index in [0.29, 0.717) is 51.0 Å². The lowest BCUT2D eigenvalue weighted by Gasteiger charge is -2.16. The minimum absolute atomic E-state index is 0.147. The molecule has 0 atom stereocenters. The van der Waals surface area contributed by atoms with E-state index in [1.165, 1.54) is 31.4 Å². The van der Waals surface area contributed by atoms with Gasteiger partial charge in [-0.3, -0.25) is 4.79 Å². The number of esters is 1. The van der Waals surface area contributed by atoms with E-state index in [0.717, 1.165) is 10.9 Å². The molecule has 5 aromatic rings. The number of rotatable bonds is 10. The third-order valence-corrected chi connectivity index (χ3v) is 6.57. The maximum Gasteiger partial charge on any atom is 0.338 e. The number of nitrogens with zero attached hydrogens (tertiary/aromatic N) is 2. The van der Waals surface area contributed by atoms with Gasteiger partial charge in [0.15, 0.2) is 0 Å². The lowest BCUT2D eigenvalue weighted by atomic mass is 10.0. The average molecular weight is 595 g/mol. The van der Waals surface area contributed by atoms with Crippen molar-refractivity contribution in [1.82, 2.24) is 9.97 Å². The molecule has 0 aliphatic carbocycles. The zero-order valence-electron chi connectivity index (χ0n) is 24.7. The van der Waals surface area contributed by atoms with Crippen LogP contribution in [-0.2, 0) is 4.74 Å². The second kappa shape index (κ2) is 13.2. The normalized spacial score (nSPS) is 10.9. The molecule has 9 nitrogen and oxygen atoms in total. The summed E-state index contributed by atoms with van der Waals surface area (Å²) in [6, 6.07) is 21.5. The molecular formula is C34H31FN4O5. The molecule has 0 saturated carbocycles. The highest BCUT2D eigenvalue weighted by Crippen LogP contribution is 2.36. The van der Waals surface area contributed by atoms with Gasteiger partial charge in [-0.2, -0.15) is 0 Å². The number of benzene rings is 4. The van der Waals surface area contributed by atoms with Crippen molar-refractivity contribution in [2.24, 2.45) is 0 Å². The summed E-state index contributed by atoms with van der Waals surface area (Å²) in [5.41, 5.74) is 3.85. The van der Waals surface area contributed by atoms with Crippen LogP contribution in [0, 0.1) is 5.82 Å². The molecule has 10 heteroatoms. The predicted octanol–water partition coefficient (Wildman–Crippen LogP) is 7.40. The highest BCUT2D eigenvalue weighted by molar-refractivity contribution is 6.06. The van der Waals surface area contributed by atoms with E-state index in [1.54, 1.807) is 49.5 Å². The molecule has 1 aromatic heterocycles. The van der Waals surface area contributed by atoms with Crippen molar-refractivity contribution < 1.29 is 28.2 Å². The fourth-order valence-electron chi connectivity index (χ4n) is 4.58. The smallest absolute Gasteiger partial charge is 0.338 e. The van der Waals surface area contributed by atoms with Crippen LogP contribution < -0.4 is 20.1 Å². The molecule has 1 amide bonds. The SMILES string of the molecule is CCOC(=O)c1ccc(C(=O)Nc2cc(Nc3ncc4cccc(-c5ccc(F)cc5OC(C)C)c4n3)ccc2OC)cc1. The number of hydrogen-bond acceptors (Lipinski definition) is 8. The molecule has 2 N–H and O–H groups in total. The van der Waals surface area contributed by atoms with Gasteiger partial charge in [-0.15, -0.1) is 0 Å². The Labute approximate surface area is 254 Å². The van der Waals surface area contributed by atoms with Crippen molar-refractivity contribution in [1.29, 1.82) is 0 Å². The molecule has 1 heterocycles. The van der Waals surface area contributed by atoms with Crippen LogP contribution in [0.25, 0.3) is 22.0 Å². The number of carbonyl (C=O) groups excluding carboxylic acids is 2. The van der Waals surface area contributed by atoms with Crippen LogP contribution in [0.5, 0.6) is 11.5 Å². The van der Waals surface area contributed by atoms with Crippen molar-refractivity contribution in [2.75, 3.05) is 24.4 Å². The Morgan fingerprint density at radius 3 is 2.41 bits per heavy atom. The fraction of sp³-hybridized carbons (Fsp3) is 0.176. The van der Waals surface area contributed by atoms with E-state index >= 15 is 0 Å². The van der Waals surface area contributed by atoms with Gasteiger partial charge < -0.3 is 24.8 Å². The summed E-state index contributed by atoms with van der Waals surface area (Å²) >= 11 is 0. The first-order chi connectivity index (χ1) is 21.2. The van der Waals surface area contributed by atoms with E-state index in [9.17, 15) is 14.0 Å². The zero-order valence-corrected chi connectivity index (χ0v) is 24.7. The number of hydrogen-bond donors (Lipinski definition) is 2. The van der Waals surface area contributed by atoms with Crippen LogP contribution in [0.4, 0.5) is 21.7 Å². The van der Waals surface area contributed by atoms with Gasteiger partial charge in [-0.1, -0.05) is 18.2 Å². The molecule has 0 spiro atoms. The topological polar surface area (TPSA) is 112 Å². The van der Waals surface area contributed by atoms with Gasteiger partial charge in [0.2, 0.25) is 5.95 Å². The second-order valence-electron chi connectivity index (χ2n) is 10.0. The standard InChI is InChI=1S/C34H31FN4O5/c1-5-43-33(41)22-11-9-21(10-12-22)32(40)38-28-18-25(14-16-29(28)42-4)37-34-36-19-23-7-6-8-27(31(23)39-34)26-15-13-24(35)17-30(26)44-20(2)3/h6-20H,5H2,1-4H3,(H,38,40)(H,36,37,39). The summed E-state index contributed by atoms with van der Waals surface area (Å²) in [6.07, 6.45) is 1.55. The monoisotopic (exact) mass is 594 g/mol. The van der Waals surface area contributed by atoms with Crippen LogP contribution >= 0.6 is 0 Å². The van der Waals surface area contributed by atoms with Crippen molar-refractivity contribution in [3.8, 4) is 22.6 Å². The number of para-hydroxylation sites is 1. The van der Waals surface area contributed by atoms with E-state index in [-0.39, 0.29) is 18.6 Å². The van der Waals surface area contributed by atoms with Crippen LogP contribution in [0.1, 0.15) is 41.5 Å². The van der Waals surface area contributed by atoms with Crippen molar-refractivity contribution in [2.45, 2.75) is 26.9 Å². The van der Waals surface area contributed by atoms with E-state index in [4.69, 9.17) is 19.2 Å². The van der Waals surface area contributed by atoms with E-state index < -0.39 is 11.8 Å². The maximum absolute atomic E-state index is 14.1. The molecule has 0 unspecified atom stereocenters. The zero-order chi connectivity index (χ0) is 31.2. The third kappa shape index (κ3) is 6.75. The maximum atomic E-state index is 14.1. The highest BCUT2D eigenvalue weighted by Gasteiger charge is 2.16. The second-order valence-corrected chi connectivity index (χ2v) is 10.0. The molecule has 5 rings (SSSR count).